The molecule has 0 aliphatic carbocycles. The van der Waals surface area contributed by atoms with E-state index in [1.54, 1.807) is 0 Å². The normalized spacial score (nSPS) is 13.1. The number of hydrogen-bond donors (Lipinski definition) is 0. The summed E-state index contributed by atoms with van der Waals surface area (Å²) in [5.41, 5.74) is 0. The van der Waals surface area contributed by atoms with Crippen LogP contribution in [0.2, 0.25) is 0 Å². The predicted octanol–water partition coefficient (Wildman–Crippen LogP) is 16.9. The van der Waals surface area contributed by atoms with Gasteiger partial charge in [-0.1, -0.05) is 206 Å². The lowest BCUT2D eigenvalue weighted by molar-refractivity contribution is -0.166. The minimum absolute atomic E-state index is 0.138. The average Bonchev–Trinajstić information content (AvgIpc) is 3.29. The second-order valence-electron chi connectivity index (χ2n) is 16.3. The first-order valence-electron chi connectivity index (χ1n) is 25.5. The first-order chi connectivity index (χ1) is 31.5. The molecule has 0 aliphatic heterocycles. The van der Waals surface area contributed by atoms with Crippen LogP contribution in [0.15, 0.2) is 122 Å². The standard InChI is InChI=1S/C58H92O6/c1-4-7-10-13-16-19-22-25-27-28-29-30-31-34-36-39-42-45-48-51-57(60)63-54-55(53-62-56(59)50-47-44-41-38-35-32-24-21-18-15-12-9-6-3)64-58(61)52-49-46-43-40-37-33-26-23-20-17-14-11-8-5-2/h7-8,10-11,16-17,19-20,25,27,29-30,32,34-36,41-42,44-45,55H,4-6,9,12-15,18,21-24,26,28,31,33,37-40,43,46-54H2,1-3H3/b10-7-,11-8-,19-16-,20-17-,27-25-,30-29-,35-32-,36-34-,44-41-,45-42-. The highest BCUT2D eigenvalue weighted by Crippen LogP contribution is 2.12. The molecule has 6 heteroatoms. The molecule has 0 aromatic rings. The van der Waals surface area contributed by atoms with Gasteiger partial charge >= 0.3 is 17.9 Å². The van der Waals surface area contributed by atoms with Crippen molar-refractivity contribution < 1.29 is 28.6 Å². The Morgan fingerprint density at radius 2 is 0.641 bits per heavy atom. The van der Waals surface area contributed by atoms with Gasteiger partial charge in [-0.25, -0.2) is 0 Å². The summed E-state index contributed by atoms with van der Waals surface area (Å²) >= 11 is 0. The lowest BCUT2D eigenvalue weighted by Gasteiger charge is -2.18. The maximum absolute atomic E-state index is 12.8. The number of hydrogen-bond acceptors (Lipinski definition) is 6. The minimum atomic E-state index is -0.838. The van der Waals surface area contributed by atoms with Crippen LogP contribution in [-0.2, 0) is 28.6 Å². The molecule has 0 radical (unpaired) electrons. The molecule has 0 aromatic heterocycles. The zero-order valence-electron chi connectivity index (χ0n) is 41.0. The van der Waals surface area contributed by atoms with E-state index in [0.29, 0.717) is 12.8 Å². The van der Waals surface area contributed by atoms with E-state index in [0.717, 1.165) is 96.3 Å². The summed E-state index contributed by atoms with van der Waals surface area (Å²) in [6.07, 6.45) is 70.6. The van der Waals surface area contributed by atoms with Gasteiger partial charge in [0.1, 0.15) is 13.2 Å². The second kappa shape index (κ2) is 51.4. The smallest absolute Gasteiger partial charge is 0.306 e. The van der Waals surface area contributed by atoms with E-state index in [2.05, 4.69) is 124 Å². The minimum Gasteiger partial charge on any atom is -0.462 e. The highest BCUT2D eigenvalue weighted by molar-refractivity contribution is 5.71. The van der Waals surface area contributed by atoms with Gasteiger partial charge < -0.3 is 14.2 Å². The molecule has 0 aliphatic rings. The van der Waals surface area contributed by atoms with Gasteiger partial charge in [0.2, 0.25) is 0 Å². The molecular formula is C58H92O6. The molecule has 0 saturated carbocycles. The molecule has 0 aromatic carbocycles. The molecule has 0 saturated heterocycles. The fourth-order valence-corrected chi connectivity index (χ4v) is 6.44. The van der Waals surface area contributed by atoms with Crippen molar-refractivity contribution in [1.29, 1.82) is 0 Å². The molecule has 0 fully saturated rings. The van der Waals surface area contributed by atoms with Crippen molar-refractivity contribution in [3.8, 4) is 0 Å². The van der Waals surface area contributed by atoms with Gasteiger partial charge in [-0.2, -0.15) is 0 Å². The molecule has 1 atom stereocenters. The van der Waals surface area contributed by atoms with Crippen molar-refractivity contribution in [2.24, 2.45) is 0 Å². The molecular weight excluding hydrogens is 793 g/mol. The van der Waals surface area contributed by atoms with Crippen LogP contribution >= 0.6 is 0 Å². The Labute approximate surface area is 392 Å². The number of ether oxygens (including phenoxy) is 3. The summed E-state index contributed by atoms with van der Waals surface area (Å²) in [4.78, 5) is 37.9. The zero-order valence-corrected chi connectivity index (χ0v) is 41.0. The number of carbonyl (C=O) groups is 3. The van der Waals surface area contributed by atoms with Gasteiger partial charge in [0.15, 0.2) is 6.10 Å². The van der Waals surface area contributed by atoms with Crippen LogP contribution in [0, 0.1) is 0 Å². The Hall–Kier alpha value is -4.19. The van der Waals surface area contributed by atoms with Gasteiger partial charge in [0, 0.05) is 19.3 Å². The first kappa shape index (κ1) is 59.8. The van der Waals surface area contributed by atoms with Crippen LogP contribution in [0.1, 0.15) is 207 Å². The number of allylic oxidation sites excluding steroid dienone is 20. The lowest BCUT2D eigenvalue weighted by atomic mass is 10.1. The van der Waals surface area contributed by atoms with Crippen molar-refractivity contribution in [2.75, 3.05) is 13.2 Å². The van der Waals surface area contributed by atoms with Crippen LogP contribution in [0.3, 0.4) is 0 Å². The third-order valence-electron chi connectivity index (χ3n) is 10.2. The fraction of sp³-hybridized carbons (Fsp3) is 0.603. The van der Waals surface area contributed by atoms with E-state index >= 15 is 0 Å². The van der Waals surface area contributed by atoms with Crippen LogP contribution in [-0.4, -0.2) is 37.2 Å². The van der Waals surface area contributed by atoms with Gasteiger partial charge in [0.05, 0.1) is 0 Å². The quantitative estimate of drug-likeness (QED) is 0.0262. The molecule has 0 rings (SSSR count). The van der Waals surface area contributed by atoms with Crippen molar-refractivity contribution in [3.63, 3.8) is 0 Å². The summed E-state index contributed by atoms with van der Waals surface area (Å²) in [6, 6.07) is 0. The topological polar surface area (TPSA) is 78.9 Å². The van der Waals surface area contributed by atoms with Crippen LogP contribution in [0.4, 0.5) is 0 Å². The van der Waals surface area contributed by atoms with Crippen LogP contribution in [0.25, 0.3) is 0 Å². The van der Waals surface area contributed by atoms with E-state index in [-0.39, 0.29) is 50.4 Å². The summed E-state index contributed by atoms with van der Waals surface area (Å²) in [7, 11) is 0. The second-order valence-corrected chi connectivity index (χ2v) is 16.3. The number of unbranched alkanes of at least 4 members (excludes halogenated alkanes) is 13. The fourth-order valence-electron chi connectivity index (χ4n) is 6.44. The van der Waals surface area contributed by atoms with Crippen LogP contribution < -0.4 is 0 Å². The van der Waals surface area contributed by atoms with Gasteiger partial charge in [-0.3, -0.25) is 14.4 Å². The van der Waals surface area contributed by atoms with Crippen molar-refractivity contribution in [3.05, 3.63) is 122 Å². The SMILES string of the molecule is CC/C=C\C/C=C\C/C=C\C/C=C\C/C=C\C/C=C\CCC(=O)OCC(COC(=O)CC/C=C\C/C=C\CCCCCCCC)OC(=O)CCCCCCCCC/C=C\C/C=C\CC. The Bertz CT molecular complexity index is 1390. The Kier molecular flexibility index (Phi) is 48.1. The largest absolute Gasteiger partial charge is 0.462 e. The van der Waals surface area contributed by atoms with E-state index in [4.69, 9.17) is 14.2 Å². The molecule has 360 valence electrons. The van der Waals surface area contributed by atoms with Gasteiger partial charge in [-0.05, 0) is 103 Å². The van der Waals surface area contributed by atoms with Crippen molar-refractivity contribution >= 4 is 17.9 Å². The molecule has 64 heavy (non-hydrogen) atoms. The van der Waals surface area contributed by atoms with Gasteiger partial charge in [0.25, 0.3) is 0 Å². The lowest BCUT2D eigenvalue weighted by Crippen LogP contribution is -2.30. The van der Waals surface area contributed by atoms with E-state index in [9.17, 15) is 14.4 Å². The molecule has 0 heterocycles. The molecule has 0 N–H and O–H groups in total. The average molecular weight is 885 g/mol. The summed E-state index contributed by atoms with van der Waals surface area (Å²) in [6.45, 7) is 6.26. The monoisotopic (exact) mass is 885 g/mol. The number of esters is 3. The van der Waals surface area contributed by atoms with E-state index in [1.165, 1.54) is 57.8 Å². The summed E-state index contributed by atoms with van der Waals surface area (Å²) in [5.74, 6) is -1.10. The third-order valence-corrected chi connectivity index (χ3v) is 10.2. The van der Waals surface area contributed by atoms with E-state index < -0.39 is 6.10 Å². The highest BCUT2D eigenvalue weighted by atomic mass is 16.6. The zero-order chi connectivity index (χ0) is 46.5. The molecule has 0 bridgehead atoms. The van der Waals surface area contributed by atoms with Gasteiger partial charge in [-0.15, -0.1) is 0 Å². The first-order valence-corrected chi connectivity index (χ1v) is 25.5. The number of carbonyl (C=O) groups excluding carboxylic acids is 3. The highest BCUT2D eigenvalue weighted by Gasteiger charge is 2.19. The maximum atomic E-state index is 12.8. The molecule has 0 spiro atoms. The summed E-state index contributed by atoms with van der Waals surface area (Å²) < 4.78 is 16.6. The number of rotatable bonds is 44. The van der Waals surface area contributed by atoms with Crippen molar-refractivity contribution in [2.45, 2.75) is 213 Å². The molecule has 0 amide bonds. The Morgan fingerprint density at radius 1 is 0.328 bits per heavy atom. The summed E-state index contributed by atoms with van der Waals surface area (Å²) in [5, 5.41) is 0. The molecule has 6 nitrogen and oxygen atoms in total. The van der Waals surface area contributed by atoms with Crippen LogP contribution in [0.5, 0.6) is 0 Å². The van der Waals surface area contributed by atoms with Crippen molar-refractivity contribution in [1.82, 2.24) is 0 Å². The Morgan fingerprint density at radius 3 is 1.02 bits per heavy atom. The van der Waals surface area contributed by atoms with E-state index in [1.807, 2.05) is 18.2 Å². The molecule has 1 unspecified atom stereocenters. The third kappa shape index (κ3) is 48.8. The Balaban J connectivity index is 4.58. The predicted molar refractivity (Wildman–Crippen MR) is 274 cm³/mol. The maximum Gasteiger partial charge on any atom is 0.306 e.